The zero-order valence-corrected chi connectivity index (χ0v) is 16.3. The summed E-state index contributed by atoms with van der Waals surface area (Å²) in [4.78, 5) is 24.6. The van der Waals surface area contributed by atoms with Crippen molar-refractivity contribution in [2.24, 2.45) is 5.73 Å². The molecule has 2 N–H and O–H groups in total. The SMILES string of the molecule is COC(=O)c1ccc2c(cc1=O)[C@@H](N)CCc1cc(OC)c(OC)c(OC)c1-2. The quantitative estimate of drug-likeness (QED) is 0.808. The first kappa shape index (κ1) is 19.7. The molecule has 28 heavy (non-hydrogen) atoms. The molecule has 1 aliphatic carbocycles. The van der Waals surface area contributed by atoms with Gasteiger partial charge < -0.3 is 24.7 Å². The molecule has 0 aromatic heterocycles. The number of fused-ring (bicyclic) bond motifs is 3. The molecular weight excluding hydrogens is 362 g/mol. The van der Waals surface area contributed by atoms with E-state index in [1.807, 2.05) is 6.07 Å². The van der Waals surface area contributed by atoms with Crippen LogP contribution in [-0.2, 0) is 11.2 Å². The van der Waals surface area contributed by atoms with E-state index in [-0.39, 0.29) is 11.6 Å². The van der Waals surface area contributed by atoms with Crippen molar-refractivity contribution in [2.45, 2.75) is 18.9 Å². The van der Waals surface area contributed by atoms with Crippen LogP contribution in [0.3, 0.4) is 0 Å². The van der Waals surface area contributed by atoms with E-state index in [0.29, 0.717) is 41.2 Å². The Morgan fingerprint density at radius 2 is 1.75 bits per heavy atom. The molecule has 2 aromatic carbocycles. The van der Waals surface area contributed by atoms with Crippen molar-refractivity contribution in [3.8, 4) is 28.4 Å². The third-order valence-corrected chi connectivity index (χ3v) is 4.99. The summed E-state index contributed by atoms with van der Waals surface area (Å²) < 4.78 is 21.4. The second-order valence-electron chi connectivity index (χ2n) is 6.44. The number of esters is 1. The average Bonchev–Trinajstić information content (AvgIpc) is 2.95. The molecule has 0 spiro atoms. The maximum Gasteiger partial charge on any atom is 0.341 e. The highest BCUT2D eigenvalue weighted by Gasteiger charge is 2.28. The molecule has 0 fully saturated rings. The summed E-state index contributed by atoms with van der Waals surface area (Å²) in [6.07, 6.45) is 1.29. The molecule has 0 heterocycles. The minimum atomic E-state index is -0.691. The van der Waals surface area contributed by atoms with E-state index in [2.05, 4.69) is 0 Å². The number of ether oxygens (including phenoxy) is 4. The Morgan fingerprint density at radius 1 is 1.04 bits per heavy atom. The molecule has 148 valence electrons. The maximum atomic E-state index is 12.6. The molecule has 7 nitrogen and oxygen atoms in total. The fourth-order valence-corrected chi connectivity index (χ4v) is 3.62. The zero-order valence-electron chi connectivity index (χ0n) is 16.3. The number of carbonyl (C=O) groups excluding carboxylic acids is 1. The number of hydrogen-bond donors (Lipinski definition) is 1. The van der Waals surface area contributed by atoms with Gasteiger partial charge in [-0.05, 0) is 47.7 Å². The lowest BCUT2D eigenvalue weighted by atomic mass is 9.95. The fraction of sp³-hybridized carbons (Fsp3) is 0.333. The van der Waals surface area contributed by atoms with Gasteiger partial charge in [-0.1, -0.05) is 6.07 Å². The number of hydrogen-bond acceptors (Lipinski definition) is 7. The molecule has 0 saturated carbocycles. The van der Waals surface area contributed by atoms with E-state index in [0.717, 1.165) is 11.1 Å². The highest BCUT2D eigenvalue weighted by Crippen LogP contribution is 2.49. The van der Waals surface area contributed by atoms with E-state index >= 15 is 0 Å². The van der Waals surface area contributed by atoms with Crippen molar-refractivity contribution in [2.75, 3.05) is 28.4 Å². The van der Waals surface area contributed by atoms with Gasteiger partial charge >= 0.3 is 5.97 Å². The van der Waals surface area contributed by atoms with Crippen LogP contribution in [0.15, 0.2) is 29.1 Å². The first-order chi connectivity index (χ1) is 13.5. The molecule has 1 atom stereocenters. The van der Waals surface area contributed by atoms with Gasteiger partial charge in [-0.2, -0.15) is 0 Å². The number of methoxy groups -OCH3 is 4. The van der Waals surface area contributed by atoms with Gasteiger partial charge in [0.15, 0.2) is 16.9 Å². The van der Waals surface area contributed by atoms with Crippen molar-refractivity contribution in [1.82, 2.24) is 0 Å². The summed E-state index contributed by atoms with van der Waals surface area (Å²) in [6.45, 7) is 0. The van der Waals surface area contributed by atoms with Crippen LogP contribution in [0.1, 0.15) is 33.9 Å². The lowest BCUT2D eigenvalue weighted by Crippen LogP contribution is -2.15. The van der Waals surface area contributed by atoms with Gasteiger partial charge in [0.1, 0.15) is 5.56 Å². The standard InChI is InChI=1S/C21H23NO6/c1-25-17-9-11-5-8-15(22)14-10-16(23)13(21(24)28-4)7-6-12(14)18(11)20(27-3)19(17)26-2/h6-7,9-10,15H,5,8,22H2,1-4H3/t15-/m0/s1. The van der Waals surface area contributed by atoms with Crippen molar-refractivity contribution in [3.63, 3.8) is 0 Å². The molecule has 0 amide bonds. The number of nitrogens with two attached hydrogens (primary N) is 1. The van der Waals surface area contributed by atoms with Gasteiger partial charge in [-0.3, -0.25) is 4.79 Å². The van der Waals surface area contributed by atoms with Crippen LogP contribution in [0.25, 0.3) is 11.1 Å². The van der Waals surface area contributed by atoms with Crippen LogP contribution in [0.2, 0.25) is 0 Å². The van der Waals surface area contributed by atoms with Crippen molar-refractivity contribution >= 4 is 5.97 Å². The Balaban J connectivity index is 2.42. The third-order valence-electron chi connectivity index (χ3n) is 4.99. The molecule has 0 saturated heterocycles. The Hall–Kier alpha value is -3.06. The number of benzene rings is 1. The van der Waals surface area contributed by atoms with Crippen molar-refractivity contribution < 1.29 is 23.7 Å². The van der Waals surface area contributed by atoms with E-state index in [1.165, 1.54) is 26.4 Å². The van der Waals surface area contributed by atoms with Crippen molar-refractivity contribution in [3.05, 3.63) is 51.2 Å². The maximum absolute atomic E-state index is 12.6. The Morgan fingerprint density at radius 3 is 2.36 bits per heavy atom. The highest BCUT2D eigenvalue weighted by atomic mass is 16.5. The van der Waals surface area contributed by atoms with E-state index in [1.54, 1.807) is 20.3 Å². The molecule has 3 rings (SSSR count). The lowest BCUT2D eigenvalue weighted by Gasteiger charge is -2.19. The number of aryl methyl sites for hydroxylation is 1. The molecule has 0 aliphatic heterocycles. The van der Waals surface area contributed by atoms with Crippen LogP contribution >= 0.6 is 0 Å². The van der Waals surface area contributed by atoms with Gasteiger partial charge in [-0.25, -0.2) is 4.79 Å². The van der Waals surface area contributed by atoms with Gasteiger partial charge in [0.25, 0.3) is 0 Å². The Labute approximate surface area is 163 Å². The normalized spacial score (nSPS) is 15.0. The predicted molar refractivity (Wildman–Crippen MR) is 104 cm³/mol. The summed E-state index contributed by atoms with van der Waals surface area (Å²) in [5, 5.41) is 0. The van der Waals surface area contributed by atoms with Gasteiger partial charge in [0.05, 0.1) is 28.4 Å². The summed E-state index contributed by atoms with van der Waals surface area (Å²) in [5.74, 6) is 0.802. The first-order valence-corrected chi connectivity index (χ1v) is 8.81. The summed E-state index contributed by atoms with van der Waals surface area (Å²) in [5.41, 5.74) is 8.98. The average molecular weight is 385 g/mol. The van der Waals surface area contributed by atoms with Crippen LogP contribution < -0.4 is 25.4 Å². The molecule has 1 aliphatic rings. The van der Waals surface area contributed by atoms with E-state index < -0.39 is 11.4 Å². The molecule has 0 radical (unpaired) electrons. The highest BCUT2D eigenvalue weighted by molar-refractivity contribution is 5.90. The first-order valence-electron chi connectivity index (χ1n) is 8.81. The molecule has 2 aromatic rings. The second kappa shape index (κ2) is 7.90. The Bertz CT molecular complexity index is 985. The monoisotopic (exact) mass is 385 g/mol. The van der Waals surface area contributed by atoms with Crippen LogP contribution in [0.4, 0.5) is 0 Å². The minimum absolute atomic E-state index is 0.0521. The molecule has 7 heteroatoms. The minimum Gasteiger partial charge on any atom is -0.493 e. The number of carbonyl (C=O) groups is 1. The van der Waals surface area contributed by atoms with Gasteiger partial charge in [0.2, 0.25) is 5.75 Å². The number of rotatable bonds is 4. The Kier molecular flexibility index (Phi) is 5.56. The van der Waals surface area contributed by atoms with Gasteiger partial charge in [-0.15, -0.1) is 0 Å². The largest absolute Gasteiger partial charge is 0.493 e. The summed E-state index contributed by atoms with van der Waals surface area (Å²) >= 11 is 0. The van der Waals surface area contributed by atoms with E-state index in [4.69, 9.17) is 24.7 Å². The smallest absolute Gasteiger partial charge is 0.341 e. The predicted octanol–water partition coefficient (Wildman–Crippen LogP) is 2.47. The second-order valence-corrected chi connectivity index (χ2v) is 6.44. The molecular formula is C21H23NO6. The van der Waals surface area contributed by atoms with Crippen LogP contribution in [-0.4, -0.2) is 34.4 Å². The topological polar surface area (TPSA) is 97.1 Å². The summed E-state index contributed by atoms with van der Waals surface area (Å²) in [6, 6.07) is 6.10. The molecule has 0 bridgehead atoms. The molecule has 0 unspecified atom stereocenters. The van der Waals surface area contributed by atoms with E-state index in [9.17, 15) is 9.59 Å². The third kappa shape index (κ3) is 3.18. The van der Waals surface area contributed by atoms with Gasteiger partial charge in [0, 0.05) is 11.6 Å². The zero-order chi connectivity index (χ0) is 20.4. The summed E-state index contributed by atoms with van der Waals surface area (Å²) in [7, 11) is 5.88. The van der Waals surface area contributed by atoms with Crippen LogP contribution in [0.5, 0.6) is 17.2 Å². The van der Waals surface area contributed by atoms with Crippen LogP contribution in [0, 0.1) is 0 Å². The van der Waals surface area contributed by atoms with Crippen molar-refractivity contribution in [1.29, 1.82) is 0 Å². The fourth-order valence-electron chi connectivity index (χ4n) is 3.62. The lowest BCUT2D eigenvalue weighted by molar-refractivity contribution is 0.0599.